The van der Waals surface area contributed by atoms with Crippen molar-refractivity contribution >= 4 is 11.8 Å². The zero-order valence-electron chi connectivity index (χ0n) is 20.3. The van der Waals surface area contributed by atoms with Gasteiger partial charge in [0.05, 0.1) is 45.6 Å². The van der Waals surface area contributed by atoms with Crippen LogP contribution >= 0.6 is 0 Å². The predicted molar refractivity (Wildman–Crippen MR) is 131 cm³/mol. The molecule has 0 saturated carbocycles. The zero-order valence-corrected chi connectivity index (χ0v) is 20.3. The Labute approximate surface area is 206 Å². The number of rotatable bonds is 9. The van der Waals surface area contributed by atoms with Crippen LogP contribution in [0.25, 0.3) is 0 Å². The fourth-order valence-electron chi connectivity index (χ4n) is 5.17. The first-order chi connectivity index (χ1) is 17.0. The summed E-state index contributed by atoms with van der Waals surface area (Å²) in [6.45, 7) is 3.26. The number of nitrogens with zero attached hydrogens (tertiary/aromatic N) is 2. The van der Waals surface area contributed by atoms with Crippen molar-refractivity contribution in [2.45, 2.75) is 24.5 Å². The number of benzene rings is 2. The van der Waals surface area contributed by atoms with Crippen molar-refractivity contribution in [3.63, 3.8) is 0 Å². The monoisotopic (exact) mass is 487 g/mol. The summed E-state index contributed by atoms with van der Waals surface area (Å²) >= 11 is 0. The van der Waals surface area contributed by atoms with E-state index in [4.69, 9.17) is 18.9 Å². The number of piperidine rings is 1. The van der Waals surface area contributed by atoms with E-state index in [1.54, 1.807) is 14.2 Å². The first-order valence-corrected chi connectivity index (χ1v) is 12.0. The highest BCUT2D eigenvalue weighted by atomic mass is 16.5. The van der Waals surface area contributed by atoms with Gasteiger partial charge in [-0.3, -0.25) is 4.48 Å². The Kier molecular flexibility index (Phi) is 8.12. The van der Waals surface area contributed by atoms with Crippen molar-refractivity contribution < 1.29 is 34.0 Å². The van der Waals surface area contributed by atoms with Gasteiger partial charge in [0, 0.05) is 25.5 Å². The summed E-state index contributed by atoms with van der Waals surface area (Å²) in [5, 5.41) is 20.7. The number of carboxylic acid groups (broad SMARTS) is 1. The summed E-state index contributed by atoms with van der Waals surface area (Å²) in [6, 6.07) is 15.5. The molecule has 9 heteroatoms. The minimum Gasteiger partial charge on any atom is -0.497 e. The van der Waals surface area contributed by atoms with Gasteiger partial charge in [-0.25, -0.2) is 4.79 Å². The van der Waals surface area contributed by atoms with E-state index in [2.05, 4.69) is 6.07 Å². The maximum Gasteiger partial charge on any atom is 0.407 e. The summed E-state index contributed by atoms with van der Waals surface area (Å²) in [5.74, 6) is 1.19. The lowest BCUT2D eigenvalue weighted by molar-refractivity contribution is -0.0922. The van der Waals surface area contributed by atoms with Crippen LogP contribution in [0.2, 0.25) is 0 Å². The Hall–Kier alpha value is -2.85. The van der Waals surface area contributed by atoms with Crippen LogP contribution < -0.4 is 14.0 Å². The van der Waals surface area contributed by atoms with Gasteiger partial charge in [0.15, 0.2) is 18.2 Å². The van der Waals surface area contributed by atoms with Crippen molar-refractivity contribution in [2.75, 3.05) is 60.3 Å². The Morgan fingerprint density at radius 1 is 1.14 bits per heavy atom. The number of β-amino-alcohol motifs (C(OH)–C–C–N with tert-alkyl or cyclic N) is 1. The number of aliphatic hydroxyl groups is 1. The number of fused-ring (bicyclic) bond motifs is 1. The highest BCUT2D eigenvalue weighted by molar-refractivity contribution is 5.65. The van der Waals surface area contributed by atoms with Crippen molar-refractivity contribution in [1.82, 2.24) is 9.38 Å². The SMILES string of the molecule is COCCC[N+]1(CO[C@H]2CN(C(=O)O)C[C@@H](O)[C@@H]2c2ccc(OC)cc2)CCOc2ccccc21. The summed E-state index contributed by atoms with van der Waals surface area (Å²) in [6.07, 6.45) is -1.63. The molecule has 2 aliphatic heterocycles. The number of aliphatic hydroxyl groups excluding tert-OH is 1. The molecule has 0 aliphatic carbocycles. The molecule has 9 nitrogen and oxygen atoms in total. The van der Waals surface area contributed by atoms with Gasteiger partial charge >= 0.3 is 6.09 Å². The van der Waals surface area contributed by atoms with E-state index >= 15 is 0 Å². The van der Waals surface area contributed by atoms with E-state index in [9.17, 15) is 15.0 Å². The second-order valence-corrected chi connectivity index (χ2v) is 9.14. The van der Waals surface area contributed by atoms with Crippen molar-refractivity contribution in [1.29, 1.82) is 0 Å². The van der Waals surface area contributed by atoms with Crippen LogP contribution in [0.15, 0.2) is 48.5 Å². The number of methoxy groups -OCH3 is 2. The van der Waals surface area contributed by atoms with E-state index in [-0.39, 0.29) is 19.0 Å². The molecule has 0 aromatic heterocycles. The van der Waals surface area contributed by atoms with Crippen LogP contribution in [0, 0.1) is 0 Å². The molecular weight excluding hydrogens is 452 g/mol. The van der Waals surface area contributed by atoms with E-state index in [1.165, 1.54) is 4.90 Å². The number of para-hydroxylation sites is 2. The minimum absolute atomic E-state index is 0.0381. The van der Waals surface area contributed by atoms with Gasteiger partial charge in [-0.1, -0.05) is 24.3 Å². The fraction of sp³-hybridized carbons (Fsp3) is 0.500. The van der Waals surface area contributed by atoms with E-state index < -0.39 is 18.3 Å². The predicted octanol–water partition coefficient (Wildman–Crippen LogP) is 2.91. The third-order valence-electron chi connectivity index (χ3n) is 7.02. The van der Waals surface area contributed by atoms with Gasteiger partial charge in [-0.15, -0.1) is 0 Å². The number of likely N-dealkylation sites (tertiary alicyclic amines) is 1. The molecule has 2 aromatic rings. The molecule has 4 rings (SSSR count). The first-order valence-electron chi connectivity index (χ1n) is 12.0. The van der Waals surface area contributed by atoms with Crippen LogP contribution in [0.4, 0.5) is 10.5 Å². The summed E-state index contributed by atoms with van der Waals surface area (Å²) in [7, 11) is 3.30. The second-order valence-electron chi connectivity index (χ2n) is 9.14. The summed E-state index contributed by atoms with van der Waals surface area (Å²) < 4.78 is 23.6. The topological polar surface area (TPSA) is 97.7 Å². The van der Waals surface area contributed by atoms with Gasteiger partial charge < -0.3 is 34.1 Å². The molecule has 1 saturated heterocycles. The number of carbonyl (C=O) groups is 1. The van der Waals surface area contributed by atoms with Gasteiger partial charge in [-0.05, 0) is 23.8 Å². The number of hydrogen-bond acceptors (Lipinski definition) is 6. The molecule has 1 fully saturated rings. The molecule has 2 aliphatic rings. The molecule has 2 aromatic carbocycles. The second kappa shape index (κ2) is 11.3. The van der Waals surface area contributed by atoms with Gasteiger partial charge in [0.1, 0.15) is 18.9 Å². The molecule has 0 radical (unpaired) electrons. The van der Waals surface area contributed by atoms with Crippen LogP contribution in [0.3, 0.4) is 0 Å². The molecular formula is C26H35N2O7+. The average Bonchev–Trinajstić information content (AvgIpc) is 2.87. The number of amides is 1. The molecule has 1 unspecified atom stereocenters. The molecule has 2 N–H and O–H groups in total. The van der Waals surface area contributed by atoms with Crippen molar-refractivity contribution in [3.05, 3.63) is 54.1 Å². The maximum atomic E-state index is 11.8. The van der Waals surface area contributed by atoms with Gasteiger partial charge in [0.2, 0.25) is 0 Å². The molecule has 4 atom stereocenters. The molecule has 1 amide bonds. The Morgan fingerprint density at radius 3 is 2.63 bits per heavy atom. The average molecular weight is 488 g/mol. The molecule has 35 heavy (non-hydrogen) atoms. The zero-order chi connectivity index (χ0) is 24.8. The summed E-state index contributed by atoms with van der Waals surface area (Å²) in [5.41, 5.74) is 1.93. The summed E-state index contributed by atoms with van der Waals surface area (Å²) in [4.78, 5) is 13.0. The highest BCUT2D eigenvalue weighted by Gasteiger charge is 2.43. The van der Waals surface area contributed by atoms with E-state index in [1.807, 2.05) is 42.5 Å². The fourth-order valence-corrected chi connectivity index (χ4v) is 5.17. The number of hydrogen-bond donors (Lipinski definition) is 2. The Bertz CT molecular complexity index is 986. The van der Waals surface area contributed by atoms with E-state index in [0.29, 0.717) is 24.4 Å². The lowest BCUT2D eigenvalue weighted by Gasteiger charge is -2.45. The number of quaternary nitrogens is 1. The Morgan fingerprint density at radius 2 is 1.91 bits per heavy atom. The van der Waals surface area contributed by atoms with Gasteiger partial charge in [-0.2, -0.15) is 0 Å². The standard InChI is InChI=1S/C26H34N2O7/c1-32-14-5-12-28(13-15-34-23-7-4-3-6-21(23)28)18-35-24-17-27(26(30)31)16-22(29)25(24)19-8-10-20(33-2)11-9-19/h3-4,6-11,22,24-25,29H,5,12-18H2,1-2H3/p+1/t22-,24+,25+,28?/m1/s1. The third kappa shape index (κ3) is 5.54. The van der Waals surface area contributed by atoms with Crippen LogP contribution in [-0.4, -0.2) is 93.8 Å². The van der Waals surface area contributed by atoms with Crippen LogP contribution in [-0.2, 0) is 9.47 Å². The van der Waals surface area contributed by atoms with Crippen LogP contribution in [0.5, 0.6) is 11.5 Å². The molecule has 0 bridgehead atoms. The minimum atomic E-state index is -1.06. The number of ether oxygens (including phenoxy) is 4. The quantitative estimate of drug-likeness (QED) is 0.415. The van der Waals surface area contributed by atoms with Crippen molar-refractivity contribution in [2.24, 2.45) is 0 Å². The molecule has 0 spiro atoms. The lowest BCUT2D eigenvalue weighted by Crippen LogP contribution is -2.59. The molecule has 2 heterocycles. The maximum absolute atomic E-state index is 11.8. The van der Waals surface area contributed by atoms with Crippen LogP contribution in [0.1, 0.15) is 17.9 Å². The third-order valence-corrected chi connectivity index (χ3v) is 7.02. The lowest BCUT2D eigenvalue weighted by atomic mass is 9.84. The van der Waals surface area contributed by atoms with E-state index in [0.717, 1.165) is 42.3 Å². The first kappa shape index (κ1) is 25.2. The highest BCUT2D eigenvalue weighted by Crippen LogP contribution is 2.38. The Balaban J connectivity index is 1.62. The van der Waals surface area contributed by atoms with Gasteiger partial charge in [0.25, 0.3) is 0 Å². The normalized spacial score (nSPS) is 26.0. The smallest absolute Gasteiger partial charge is 0.407 e. The largest absolute Gasteiger partial charge is 0.497 e. The van der Waals surface area contributed by atoms with Crippen molar-refractivity contribution in [3.8, 4) is 11.5 Å². The molecule has 190 valence electrons.